The Balaban J connectivity index is 1.08. The minimum atomic E-state index is -0.366. The number of fused-ring (bicyclic) bond motifs is 6. The fourth-order valence-corrected chi connectivity index (χ4v) is 10.4. The number of nitrogens with one attached hydrogen (secondary N) is 1. The van der Waals surface area contributed by atoms with E-state index in [2.05, 4.69) is 26.1 Å². The number of aliphatic hydroxyl groups excluding tert-OH is 1. The van der Waals surface area contributed by atoms with Crippen molar-refractivity contribution < 1.29 is 14.3 Å². The van der Waals surface area contributed by atoms with Crippen LogP contribution in [-0.4, -0.2) is 17.1 Å². The van der Waals surface area contributed by atoms with Gasteiger partial charge in [-0.3, -0.25) is 4.79 Å². The van der Waals surface area contributed by atoms with Crippen molar-refractivity contribution in [3.63, 3.8) is 0 Å². The summed E-state index contributed by atoms with van der Waals surface area (Å²) in [5.74, 6) is 4.45. The molecule has 1 heterocycles. The monoisotopic (exact) mass is 533 g/mol. The molecule has 212 valence electrons. The van der Waals surface area contributed by atoms with Gasteiger partial charge in [-0.15, -0.1) is 0 Å². The van der Waals surface area contributed by atoms with Crippen LogP contribution in [0.2, 0.25) is 0 Å². The molecular formula is C34H47NO4. The summed E-state index contributed by atoms with van der Waals surface area (Å²) in [7, 11) is 0. The third kappa shape index (κ3) is 4.67. The highest BCUT2D eigenvalue weighted by Gasteiger charge is 2.60. The molecule has 5 nitrogen and oxygen atoms in total. The Morgan fingerprint density at radius 1 is 1.05 bits per heavy atom. The molecule has 1 aromatic heterocycles. The second-order valence-electron chi connectivity index (χ2n) is 14.3. The van der Waals surface area contributed by atoms with Crippen molar-refractivity contribution in [1.82, 2.24) is 0 Å². The molecule has 4 aliphatic carbocycles. The van der Waals surface area contributed by atoms with E-state index in [1.54, 1.807) is 6.07 Å². The first-order valence-corrected chi connectivity index (χ1v) is 15.6. The summed E-state index contributed by atoms with van der Waals surface area (Å²) >= 11 is 0. The second kappa shape index (κ2) is 10.0. The van der Waals surface area contributed by atoms with Crippen molar-refractivity contribution in [1.29, 1.82) is 0 Å². The quantitative estimate of drug-likeness (QED) is 0.391. The maximum atomic E-state index is 12.9. The van der Waals surface area contributed by atoms with Gasteiger partial charge in [0.15, 0.2) is 0 Å². The van der Waals surface area contributed by atoms with Gasteiger partial charge in [0, 0.05) is 29.6 Å². The Hall–Kier alpha value is -2.14. The molecule has 0 saturated heterocycles. The smallest absolute Gasteiger partial charge is 0.336 e. The third-order valence-electron chi connectivity index (χ3n) is 12.5. The van der Waals surface area contributed by atoms with Gasteiger partial charge < -0.3 is 14.8 Å². The van der Waals surface area contributed by atoms with Crippen LogP contribution in [0.15, 0.2) is 33.5 Å². The molecular weight excluding hydrogens is 486 g/mol. The van der Waals surface area contributed by atoms with Crippen LogP contribution < -0.4 is 10.9 Å². The lowest BCUT2D eigenvalue weighted by molar-refractivity contribution is -0.129. The molecule has 4 aliphatic rings. The van der Waals surface area contributed by atoms with Crippen LogP contribution in [0.25, 0.3) is 11.0 Å². The fraction of sp³-hybridized carbons (Fsp3) is 0.706. The topological polar surface area (TPSA) is 79.5 Å². The average molecular weight is 534 g/mol. The Morgan fingerprint density at radius 2 is 1.82 bits per heavy atom. The van der Waals surface area contributed by atoms with Gasteiger partial charge in [-0.25, -0.2) is 4.79 Å². The summed E-state index contributed by atoms with van der Waals surface area (Å²) in [6.07, 6.45) is 12.6. The van der Waals surface area contributed by atoms with Gasteiger partial charge in [-0.1, -0.05) is 20.8 Å². The zero-order valence-electron chi connectivity index (χ0n) is 24.3. The van der Waals surface area contributed by atoms with E-state index in [9.17, 15) is 14.7 Å². The lowest BCUT2D eigenvalue weighted by Gasteiger charge is -2.61. The standard InChI is InChI=1S/C34H47NO4/c1-20(5-12-31(37)35-23-7-9-25-21(2)17-32(38)39-30(25)19-23)27-10-11-28-26-8-6-22-18-24(36)13-15-33(22,3)29(26)14-16-34(27,28)4/h7,9,17,19-20,22,24,26-29,36H,5-6,8,10-16,18H2,1-4H3,(H,35,37)/t20-,22-,24-,26+,27-,28+,29+,33+,34-/m1/s1. The lowest BCUT2D eigenvalue weighted by atomic mass is 9.44. The van der Waals surface area contributed by atoms with Crippen molar-refractivity contribution >= 4 is 22.6 Å². The van der Waals surface area contributed by atoms with Crippen molar-refractivity contribution in [3.05, 3.63) is 40.2 Å². The molecule has 2 aromatic rings. The maximum absolute atomic E-state index is 12.9. The molecule has 6 rings (SSSR count). The zero-order chi connectivity index (χ0) is 27.5. The highest BCUT2D eigenvalue weighted by Crippen LogP contribution is 2.68. The molecule has 0 radical (unpaired) electrons. The number of amides is 1. The largest absolute Gasteiger partial charge is 0.423 e. The highest BCUT2D eigenvalue weighted by molar-refractivity contribution is 5.93. The van der Waals surface area contributed by atoms with E-state index in [4.69, 9.17) is 4.42 Å². The van der Waals surface area contributed by atoms with E-state index in [0.29, 0.717) is 46.3 Å². The van der Waals surface area contributed by atoms with Crippen molar-refractivity contribution in [2.45, 2.75) is 104 Å². The van der Waals surface area contributed by atoms with E-state index in [-0.39, 0.29) is 17.6 Å². The molecule has 0 bridgehead atoms. The van der Waals surface area contributed by atoms with Gasteiger partial charge in [0.25, 0.3) is 0 Å². The Labute approximate surface area is 233 Å². The highest BCUT2D eigenvalue weighted by atomic mass is 16.4. The third-order valence-corrected chi connectivity index (χ3v) is 12.5. The fourth-order valence-electron chi connectivity index (χ4n) is 10.4. The number of aliphatic hydroxyl groups is 1. The molecule has 1 aromatic carbocycles. The van der Waals surface area contributed by atoms with Gasteiger partial charge in [0.1, 0.15) is 5.58 Å². The van der Waals surface area contributed by atoms with Crippen LogP contribution in [0.3, 0.4) is 0 Å². The summed E-state index contributed by atoms with van der Waals surface area (Å²) in [5, 5.41) is 14.3. The molecule has 2 N–H and O–H groups in total. The lowest BCUT2D eigenvalue weighted by Crippen LogP contribution is -2.54. The summed E-state index contributed by atoms with van der Waals surface area (Å²) in [6.45, 7) is 9.44. The number of carbonyl (C=O) groups is 1. The van der Waals surface area contributed by atoms with Crippen LogP contribution in [0.4, 0.5) is 5.69 Å². The van der Waals surface area contributed by atoms with E-state index in [1.807, 2.05) is 19.1 Å². The number of rotatable bonds is 5. The number of carbonyl (C=O) groups excluding carboxylic acids is 1. The molecule has 4 fully saturated rings. The molecule has 1 amide bonds. The second-order valence-corrected chi connectivity index (χ2v) is 14.3. The van der Waals surface area contributed by atoms with E-state index >= 15 is 0 Å². The molecule has 0 unspecified atom stereocenters. The van der Waals surface area contributed by atoms with Crippen molar-refractivity contribution in [3.8, 4) is 0 Å². The minimum absolute atomic E-state index is 0.0327. The van der Waals surface area contributed by atoms with Gasteiger partial charge in [0.05, 0.1) is 6.10 Å². The zero-order valence-corrected chi connectivity index (χ0v) is 24.3. The molecule has 0 spiro atoms. The summed E-state index contributed by atoms with van der Waals surface area (Å²) < 4.78 is 5.35. The van der Waals surface area contributed by atoms with E-state index < -0.39 is 0 Å². The van der Waals surface area contributed by atoms with Crippen LogP contribution in [0.1, 0.15) is 97.0 Å². The minimum Gasteiger partial charge on any atom is -0.423 e. The number of hydrogen-bond donors (Lipinski definition) is 2. The van der Waals surface area contributed by atoms with Crippen molar-refractivity contribution in [2.24, 2.45) is 46.3 Å². The summed E-state index contributed by atoms with van der Waals surface area (Å²) in [5.41, 5.74) is 2.52. The Morgan fingerprint density at radius 3 is 2.64 bits per heavy atom. The first kappa shape index (κ1) is 27.1. The number of hydrogen-bond acceptors (Lipinski definition) is 4. The number of anilines is 1. The summed E-state index contributed by atoms with van der Waals surface area (Å²) in [4.78, 5) is 24.7. The molecule has 9 atom stereocenters. The maximum Gasteiger partial charge on any atom is 0.336 e. The van der Waals surface area contributed by atoms with Crippen LogP contribution >= 0.6 is 0 Å². The van der Waals surface area contributed by atoms with Gasteiger partial charge >= 0.3 is 5.63 Å². The van der Waals surface area contributed by atoms with Crippen LogP contribution in [0.5, 0.6) is 0 Å². The molecule has 0 aliphatic heterocycles. The van der Waals surface area contributed by atoms with Gasteiger partial charge in [-0.2, -0.15) is 0 Å². The number of benzene rings is 1. The van der Waals surface area contributed by atoms with E-state index in [1.165, 1.54) is 51.0 Å². The normalized spacial score (nSPS) is 38.5. The SMILES string of the molecule is Cc1cc(=O)oc2cc(NC(=O)CC[C@@H](C)[C@H]3CC[C@H]4[C@@H]5CC[C@@H]6C[C@H](O)CC[C@]6(C)[C@H]5CC[C@]34C)ccc12. The Bertz CT molecular complexity index is 1300. The van der Waals surface area contributed by atoms with Gasteiger partial charge in [-0.05, 0) is 135 Å². The van der Waals surface area contributed by atoms with Crippen LogP contribution in [-0.2, 0) is 4.79 Å². The first-order chi connectivity index (χ1) is 18.6. The average Bonchev–Trinajstić information content (AvgIpc) is 3.24. The first-order valence-electron chi connectivity index (χ1n) is 15.6. The molecule has 5 heteroatoms. The Kier molecular flexibility index (Phi) is 6.97. The molecule has 4 saturated carbocycles. The van der Waals surface area contributed by atoms with Gasteiger partial charge in [0.2, 0.25) is 5.91 Å². The van der Waals surface area contributed by atoms with E-state index in [0.717, 1.165) is 48.0 Å². The van der Waals surface area contributed by atoms with Crippen molar-refractivity contribution in [2.75, 3.05) is 5.32 Å². The number of aryl methyl sites for hydroxylation is 1. The van der Waals surface area contributed by atoms with Crippen LogP contribution in [0, 0.1) is 53.3 Å². The predicted octanol–water partition coefficient (Wildman–Crippen LogP) is 7.48. The molecule has 39 heavy (non-hydrogen) atoms. The predicted molar refractivity (Wildman–Crippen MR) is 155 cm³/mol. The summed E-state index contributed by atoms with van der Waals surface area (Å²) in [6, 6.07) is 7.05.